The molecule has 0 atom stereocenters. The van der Waals surface area contributed by atoms with Crippen molar-refractivity contribution >= 4 is 33.8 Å². The Morgan fingerprint density at radius 3 is 2.63 bits per heavy atom. The minimum absolute atomic E-state index is 0.0326. The second-order valence-electron chi connectivity index (χ2n) is 5.22. The van der Waals surface area contributed by atoms with Crippen LogP contribution in [0.3, 0.4) is 0 Å². The van der Waals surface area contributed by atoms with Crippen LogP contribution in [-0.4, -0.2) is 4.98 Å². The topological polar surface area (TPSA) is 48.7 Å². The van der Waals surface area contributed by atoms with Gasteiger partial charge in [0.05, 0.1) is 28.0 Å². The van der Waals surface area contributed by atoms with Crippen LogP contribution in [-0.2, 0) is 5.41 Å². The van der Waals surface area contributed by atoms with Crippen LogP contribution in [0.25, 0.3) is 0 Å². The molecule has 1 aromatic carbocycles. The predicted octanol–water partition coefficient (Wildman–Crippen LogP) is 4.71. The molecule has 0 aliphatic heterocycles. The molecule has 1 heterocycles. The van der Waals surface area contributed by atoms with Gasteiger partial charge in [0.2, 0.25) is 0 Å². The molecule has 0 radical (unpaired) electrons. The van der Waals surface area contributed by atoms with E-state index in [2.05, 4.69) is 37.1 Å². The molecule has 0 spiro atoms. The van der Waals surface area contributed by atoms with E-state index in [0.717, 1.165) is 16.5 Å². The zero-order chi connectivity index (χ0) is 14.0. The summed E-state index contributed by atoms with van der Waals surface area (Å²) in [5.41, 5.74) is 2.38. The van der Waals surface area contributed by atoms with Gasteiger partial charge in [-0.3, -0.25) is 0 Å². The largest absolute Gasteiger partial charge is 0.330 e. The van der Waals surface area contributed by atoms with Crippen molar-refractivity contribution in [1.29, 1.82) is 5.26 Å². The molecule has 0 amide bonds. The molecule has 0 aliphatic rings. The van der Waals surface area contributed by atoms with Crippen molar-refractivity contribution in [2.75, 3.05) is 5.32 Å². The van der Waals surface area contributed by atoms with Gasteiger partial charge in [0, 0.05) is 10.8 Å². The van der Waals surface area contributed by atoms with Crippen molar-refractivity contribution in [3.05, 3.63) is 39.9 Å². The molecule has 2 rings (SSSR count). The Morgan fingerprint density at radius 2 is 2.11 bits per heavy atom. The van der Waals surface area contributed by atoms with Gasteiger partial charge in [0.25, 0.3) is 0 Å². The van der Waals surface area contributed by atoms with Gasteiger partial charge in [0.15, 0.2) is 5.13 Å². The maximum absolute atomic E-state index is 8.80. The lowest BCUT2D eigenvalue weighted by atomic mass is 9.93. The molecule has 19 heavy (non-hydrogen) atoms. The third kappa shape index (κ3) is 3.25. The number of nitriles is 1. The first kappa shape index (κ1) is 13.9. The van der Waals surface area contributed by atoms with Crippen LogP contribution in [0.15, 0.2) is 23.6 Å². The van der Waals surface area contributed by atoms with E-state index in [-0.39, 0.29) is 5.41 Å². The normalized spacial score (nSPS) is 11.1. The molecule has 98 valence electrons. The number of nitrogens with zero attached hydrogens (tertiary/aromatic N) is 2. The molecule has 0 saturated heterocycles. The number of rotatable bonds is 2. The molecule has 0 bridgehead atoms. The fourth-order valence-electron chi connectivity index (χ4n) is 1.48. The van der Waals surface area contributed by atoms with E-state index >= 15 is 0 Å². The summed E-state index contributed by atoms with van der Waals surface area (Å²) in [6.07, 6.45) is 0. The molecule has 2 aromatic rings. The Morgan fingerprint density at radius 1 is 1.37 bits per heavy atom. The minimum atomic E-state index is 0.0326. The molecule has 3 nitrogen and oxygen atoms in total. The molecular weight excluding hydrogens is 278 g/mol. The van der Waals surface area contributed by atoms with Crippen LogP contribution in [0.5, 0.6) is 0 Å². The Kier molecular flexibility index (Phi) is 3.79. The smallest absolute Gasteiger partial charge is 0.187 e. The van der Waals surface area contributed by atoms with Crippen LogP contribution in [0.1, 0.15) is 32.0 Å². The van der Waals surface area contributed by atoms with Gasteiger partial charge >= 0.3 is 0 Å². The van der Waals surface area contributed by atoms with E-state index in [1.165, 1.54) is 0 Å². The number of nitrogens with one attached hydrogen (secondary N) is 1. The average Bonchev–Trinajstić information content (AvgIpc) is 2.80. The lowest BCUT2D eigenvalue weighted by Gasteiger charge is -2.14. The molecule has 0 aliphatic carbocycles. The van der Waals surface area contributed by atoms with Crippen LogP contribution >= 0.6 is 22.9 Å². The number of thiazole rings is 1. The maximum atomic E-state index is 8.80. The van der Waals surface area contributed by atoms with Crippen LogP contribution in [0.2, 0.25) is 5.02 Å². The number of halogens is 1. The second kappa shape index (κ2) is 5.20. The Hall–Kier alpha value is -1.57. The van der Waals surface area contributed by atoms with Crippen molar-refractivity contribution in [3.63, 3.8) is 0 Å². The molecule has 1 aromatic heterocycles. The van der Waals surface area contributed by atoms with Crippen molar-refractivity contribution in [2.24, 2.45) is 0 Å². The third-order valence-electron chi connectivity index (χ3n) is 2.61. The molecular formula is C14H14ClN3S. The van der Waals surface area contributed by atoms with Gasteiger partial charge in [-0.15, -0.1) is 11.3 Å². The lowest BCUT2D eigenvalue weighted by Crippen LogP contribution is -2.11. The van der Waals surface area contributed by atoms with Crippen LogP contribution in [0.4, 0.5) is 10.8 Å². The summed E-state index contributed by atoms with van der Waals surface area (Å²) in [7, 11) is 0. The number of benzene rings is 1. The summed E-state index contributed by atoms with van der Waals surface area (Å²) in [5.74, 6) is 0. The Balaban J connectivity index is 2.22. The van der Waals surface area contributed by atoms with E-state index in [0.29, 0.717) is 10.6 Å². The van der Waals surface area contributed by atoms with Crippen molar-refractivity contribution in [2.45, 2.75) is 26.2 Å². The second-order valence-corrected chi connectivity index (χ2v) is 6.48. The van der Waals surface area contributed by atoms with E-state index < -0.39 is 0 Å². The fourth-order valence-corrected chi connectivity index (χ4v) is 2.65. The molecule has 0 saturated carbocycles. The van der Waals surface area contributed by atoms with Crippen LogP contribution < -0.4 is 5.32 Å². The zero-order valence-corrected chi connectivity index (χ0v) is 12.6. The van der Waals surface area contributed by atoms with Crippen molar-refractivity contribution in [1.82, 2.24) is 4.98 Å². The summed E-state index contributed by atoms with van der Waals surface area (Å²) in [4.78, 5) is 4.54. The quantitative estimate of drug-likeness (QED) is 0.872. The molecule has 0 fully saturated rings. The highest BCUT2D eigenvalue weighted by atomic mass is 35.5. The first-order valence-electron chi connectivity index (χ1n) is 5.83. The maximum Gasteiger partial charge on any atom is 0.187 e. The summed E-state index contributed by atoms with van der Waals surface area (Å²) in [5, 5.41) is 15.3. The number of hydrogen-bond acceptors (Lipinski definition) is 4. The van der Waals surface area contributed by atoms with Gasteiger partial charge in [-0.25, -0.2) is 4.98 Å². The SMILES string of the molecule is CC(C)(C)c1csc(Nc2ccc(C#N)cc2Cl)n1. The molecule has 0 unspecified atom stereocenters. The summed E-state index contributed by atoms with van der Waals surface area (Å²) >= 11 is 7.66. The standard InChI is InChI=1S/C14H14ClN3S/c1-14(2,3)12-8-19-13(18-12)17-11-5-4-9(7-16)6-10(11)15/h4-6,8H,1-3H3,(H,17,18). The van der Waals surface area contributed by atoms with Gasteiger partial charge in [-0.1, -0.05) is 32.4 Å². The van der Waals surface area contributed by atoms with Gasteiger partial charge in [0.1, 0.15) is 0 Å². The highest BCUT2D eigenvalue weighted by Gasteiger charge is 2.17. The summed E-state index contributed by atoms with van der Waals surface area (Å²) in [6, 6.07) is 7.22. The lowest BCUT2D eigenvalue weighted by molar-refractivity contribution is 0.573. The van der Waals surface area contributed by atoms with Crippen LogP contribution in [0, 0.1) is 11.3 Å². The van der Waals surface area contributed by atoms with Crippen molar-refractivity contribution < 1.29 is 0 Å². The summed E-state index contributed by atoms with van der Waals surface area (Å²) in [6.45, 7) is 6.38. The number of hydrogen-bond donors (Lipinski definition) is 1. The fraction of sp³-hybridized carbons (Fsp3) is 0.286. The van der Waals surface area contributed by atoms with Gasteiger partial charge in [-0.2, -0.15) is 5.26 Å². The van der Waals surface area contributed by atoms with E-state index in [4.69, 9.17) is 16.9 Å². The molecule has 1 N–H and O–H groups in total. The number of anilines is 2. The highest BCUT2D eigenvalue weighted by Crippen LogP contribution is 2.31. The Bertz CT molecular complexity index is 635. The monoisotopic (exact) mass is 291 g/mol. The minimum Gasteiger partial charge on any atom is -0.330 e. The predicted molar refractivity (Wildman–Crippen MR) is 80.3 cm³/mol. The highest BCUT2D eigenvalue weighted by molar-refractivity contribution is 7.13. The van der Waals surface area contributed by atoms with E-state index in [1.54, 1.807) is 29.5 Å². The first-order chi connectivity index (χ1) is 8.90. The zero-order valence-electron chi connectivity index (χ0n) is 11.0. The van der Waals surface area contributed by atoms with Gasteiger partial charge < -0.3 is 5.32 Å². The molecule has 5 heteroatoms. The van der Waals surface area contributed by atoms with E-state index in [9.17, 15) is 0 Å². The van der Waals surface area contributed by atoms with Gasteiger partial charge in [-0.05, 0) is 18.2 Å². The third-order valence-corrected chi connectivity index (χ3v) is 3.68. The number of aromatic nitrogens is 1. The average molecular weight is 292 g/mol. The van der Waals surface area contributed by atoms with Crippen molar-refractivity contribution in [3.8, 4) is 6.07 Å². The Labute approximate surface area is 121 Å². The summed E-state index contributed by atoms with van der Waals surface area (Å²) < 4.78 is 0. The van der Waals surface area contributed by atoms with E-state index in [1.807, 2.05) is 5.38 Å². The first-order valence-corrected chi connectivity index (χ1v) is 7.08.